The van der Waals surface area contributed by atoms with E-state index in [1.807, 2.05) is 31.2 Å². The Kier molecular flexibility index (Phi) is 6.93. The average molecular weight is 549 g/mol. The Morgan fingerprint density at radius 3 is 2.51 bits per heavy atom. The molecule has 41 heavy (non-hydrogen) atoms. The summed E-state index contributed by atoms with van der Waals surface area (Å²) in [6.45, 7) is 13.5. The van der Waals surface area contributed by atoms with Crippen LogP contribution in [0.3, 0.4) is 0 Å². The molecule has 1 saturated heterocycles. The fraction of sp³-hybridized carbons (Fsp3) is 0.364. The quantitative estimate of drug-likeness (QED) is 0.301. The highest BCUT2D eigenvalue weighted by Crippen LogP contribution is 2.46. The van der Waals surface area contributed by atoms with Gasteiger partial charge < -0.3 is 9.80 Å². The zero-order valence-electron chi connectivity index (χ0n) is 24.2. The molecule has 3 aromatic heterocycles. The molecular formula is C33H36N6O2. The highest BCUT2D eigenvalue weighted by molar-refractivity contribution is 5.92. The topological polar surface area (TPSA) is 84.2 Å². The molecule has 1 aromatic carbocycles. The fourth-order valence-electron chi connectivity index (χ4n) is 5.99. The molecule has 0 radical (unpaired) electrons. The molecule has 1 atom stereocenters. The van der Waals surface area contributed by atoms with Crippen LogP contribution in [0, 0.1) is 6.92 Å². The van der Waals surface area contributed by atoms with Gasteiger partial charge in [-0.2, -0.15) is 4.98 Å². The van der Waals surface area contributed by atoms with Gasteiger partial charge in [-0.05, 0) is 67.9 Å². The molecule has 0 N–H and O–H groups in total. The molecule has 1 aliphatic carbocycles. The highest BCUT2D eigenvalue weighted by atomic mass is 16.2. The number of carbonyl (C=O) groups excluding carboxylic acids is 1. The van der Waals surface area contributed by atoms with Gasteiger partial charge in [0.05, 0.1) is 22.5 Å². The Morgan fingerprint density at radius 2 is 1.85 bits per heavy atom. The van der Waals surface area contributed by atoms with E-state index in [-0.39, 0.29) is 23.6 Å². The number of amides is 1. The molecule has 6 rings (SSSR count). The molecule has 1 aliphatic heterocycles. The van der Waals surface area contributed by atoms with Crippen molar-refractivity contribution in [3.8, 4) is 16.9 Å². The van der Waals surface area contributed by atoms with Crippen molar-refractivity contribution in [1.29, 1.82) is 0 Å². The number of hydrogen-bond acceptors (Lipinski definition) is 6. The number of hydrogen-bond donors (Lipinski definition) is 0. The molecular weight excluding hydrogens is 512 g/mol. The Morgan fingerprint density at radius 1 is 1.10 bits per heavy atom. The number of rotatable bonds is 6. The van der Waals surface area contributed by atoms with E-state index >= 15 is 0 Å². The van der Waals surface area contributed by atoms with Gasteiger partial charge in [0, 0.05) is 37.4 Å². The number of pyridine rings is 2. The van der Waals surface area contributed by atoms with Crippen LogP contribution >= 0.6 is 0 Å². The van der Waals surface area contributed by atoms with Crippen LogP contribution in [0.15, 0.2) is 66.1 Å². The predicted octanol–water partition coefficient (Wildman–Crippen LogP) is 5.38. The lowest BCUT2D eigenvalue weighted by Gasteiger charge is -2.40. The Bertz CT molecular complexity index is 1710. The number of piperazine rings is 1. The molecule has 1 saturated carbocycles. The van der Waals surface area contributed by atoms with Crippen molar-refractivity contribution in [3.63, 3.8) is 0 Å². The molecule has 8 nitrogen and oxygen atoms in total. The van der Waals surface area contributed by atoms with Crippen LogP contribution in [-0.4, -0.2) is 56.0 Å². The van der Waals surface area contributed by atoms with Crippen molar-refractivity contribution in [2.45, 2.75) is 58.4 Å². The third-order valence-corrected chi connectivity index (χ3v) is 8.25. The minimum absolute atomic E-state index is 0.0388. The van der Waals surface area contributed by atoms with Crippen molar-refractivity contribution >= 4 is 22.8 Å². The van der Waals surface area contributed by atoms with E-state index in [9.17, 15) is 9.59 Å². The maximum atomic E-state index is 14.1. The second kappa shape index (κ2) is 10.6. The van der Waals surface area contributed by atoms with Crippen LogP contribution < -0.4 is 10.6 Å². The Balaban J connectivity index is 1.64. The molecule has 4 aromatic rings. The number of carbonyl (C=O) groups is 1. The predicted molar refractivity (Wildman–Crippen MR) is 163 cm³/mol. The summed E-state index contributed by atoms with van der Waals surface area (Å²) in [7, 11) is 0. The van der Waals surface area contributed by atoms with Crippen LogP contribution in [0.2, 0.25) is 0 Å². The second-order valence-corrected chi connectivity index (χ2v) is 11.5. The van der Waals surface area contributed by atoms with E-state index in [1.165, 1.54) is 11.6 Å². The summed E-state index contributed by atoms with van der Waals surface area (Å²) >= 11 is 0. The minimum Gasteiger partial charge on any atom is -0.350 e. The van der Waals surface area contributed by atoms with Crippen molar-refractivity contribution in [2.24, 2.45) is 0 Å². The van der Waals surface area contributed by atoms with Crippen LogP contribution in [0.1, 0.15) is 62.3 Å². The van der Waals surface area contributed by atoms with Gasteiger partial charge in [0.25, 0.3) is 0 Å². The molecule has 2 fully saturated rings. The SMILES string of the molecule is C=CC(=O)N1CCN(c2nc(=O)n(-c3c(C)ccnc3C(C)C)c3nc(-c4ccccc4)c(C4CC4)cc23)C(C)C1. The third-order valence-electron chi connectivity index (χ3n) is 8.25. The van der Waals surface area contributed by atoms with E-state index < -0.39 is 0 Å². The van der Waals surface area contributed by atoms with Gasteiger partial charge in [0.15, 0.2) is 5.65 Å². The van der Waals surface area contributed by atoms with Gasteiger partial charge in [0.1, 0.15) is 5.82 Å². The zero-order chi connectivity index (χ0) is 28.8. The van der Waals surface area contributed by atoms with Crippen LogP contribution in [-0.2, 0) is 4.79 Å². The molecule has 0 bridgehead atoms. The molecule has 1 amide bonds. The molecule has 8 heteroatoms. The molecule has 4 heterocycles. The zero-order valence-corrected chi connectivity index (χ0v) is 24.2. The summed E-state index contributed by atoms with van der Waals surface area (Å²) in [6, 6.07) is 14.3. The van der Waals surface area contributed by atoms with Gasteiger partial charge in [-0.15, -0.1) is 0 Å². The number of nitrogens with zero attached hydrogens (tertiary/aromatic N) is 6. The molecule has 2 aliphatic rings. The lowest BCUT2D eigenvalue weighted by molar-refractivity contribution is -0.126. The van der Waals surface area contributed by atoms with Crippen molar-refractivity contribution in [1.82, 2.24) is 24.4 Å². The molecule has 210 valence electrons. The van der Waals surface area contributed by atoms with Crippen LogP contribution in [0.4, 0.5) is 5.82 Å². The minimum atomic E-state index is -0.381. The van der Waals surface area contributed by atoms with E-state index in [1.54, 1.807) is 15.7 Å². The van der Waals surface area contributed by atoms with Crippen LogP contribution in [0.25, 0.3) is 28.0 Å². The van der Waals surface area contributed by atoms with Gasteiger partial charge in [-0.1, -0.05) is 50.8 Å². The number of benzene rings is 1. The molecule has 0 spiro atoms. The number of anilines is 1. The third kappa shape index (κ3) is 4.81. The standard InChI is InChI=1S/C33H36N6O2/c1-6-27(40)37-16-17-38(22(5)19-37)31-26-18-25(23-12-13-23)29(24-10-8-7-9-11-24)35-32(26)39(33(41)36-31)30-21(4)14-15-34-28(30)20(2)3/h6-11,14-15,18,20,22-23H,1,12-13,16-17,19H2,2-5H3. The molecule has 1 unspecified atom stereocenters. The van der Waals surface area contributed by atoms with E-state index in [0.29, 0.717) is 37.0 Å². The van der Waals surface area contributed by atoms with Gasteiger partial charge >= 0.3 is 5.69 Å². The lowest BCUT2D eigenvalue weighted by Crippen LogP contribution is -2.54. The summed E-state index contributed by atoms with van der Waals surface area (Å²) in [5.74, 6) is 1.08. The summed E-state index contributed by atoms with van der Waals surface area (Å²) in [6.07, 6.45) is 5.39. The summed E-state index contributed by atoms with van der Waals surface area (Å²) in [4.78, 5) is 45.2. The fourth-order valence-corrected chi connectivity index (χ4v) is 5.99. The van der Waals surface area contributed by atoms with Crippen molar-refractivity contribution in [2.75, 3.05) is 24.5 Å². The van der Waals surface area contributed by atoms with E-state index in [4.69, 9.17) is 9.97 Å². The first-order valence-electron chi connectivity index (χ1n) is 14.5. The maximum Gasteiger partial charge on any atom is 0.355 e. The van der Waals surface area contributed by atoms with E-state index in [0.717, 1.165) is 46.4 Å². The first-order valence-corrected chi connectivity index (χ1v) is 14.5. The van der Waals surface area contributed by atoms with Crippen LogP contribution in [0.5, 0.6) is 0 Å². The summed E-state index contributed by atoms with van der Waals surface area (Å²) in [5, 5.41) is 0.847. The smallest absolute Gasteiger partial charge is 0.350 e. The number of aromatic nitrogens is 4. The Labute approximate surface area is 240 Å². The maximum absolute atomic E-state index is 14.1. The first-order chi connectivity index (χ1) is 19.8. The van der Waals surface area contributed by atoms with Gasteiger partial charge in [-0.3, -0.25) is 9.78 Å². The van der Waals surface area contributed by atoms with Gasteiger partial charge in [-0.25, -0.2) is 14.3 Å². The second-order valence-electron chi connectivity index (χ2n) is 11.5. The monoisotopic (exact) mass is 548 g/mol. The highest BCUT2D eigenvalue weighted by Gasteiger charge is 2.33. The largest absolute Gasteiger partial charge is 0.355 e. The van der Waals surface area contributed by atoms with Crippen molar-refractivity contribution < 1.29 is 4.79 Å². The normalized spacial score (nSPS) is 17.3. The van der Waals surface area contributed by atoms with Gasteiger partial charge in [0.2, 0.25) is 5.91 Å². The Hall–Kier alpha value is -4.33. The summed E-state index contributed by atoms with van der Waals surface area (Å²) < 4.78 is 1.67. The summed E-state index contributed by atoms with van der Waals surface area (Å²) in [5.41, 5.74) is 5.86. The van der Waals surface area contributed by atoms with E-state index in [2.05, 4.69) is 55.4 Å². The number of fused-ring (bicyclic) bond motifs is 1. The van der Waals surface area contributed by atoms with Crippen molar-refractivity contribution in [3.05, 3.63) is 88.6 Å². The average Bonchev–Trinajstić information content (AvgIpc) is 3.82. The number of aryl methyl sites for hydroxylation is 1. The lowest BCUT2D eigenvalue weighted by atomic mass is 10.00. The first kappa shape index (κ1) is 26.9.